The maximum absolute atomic E-state index is 13.1. The van der Waals surface area contributed by atoms with Crippen LogP contribution >= 0.6 is 57.5 Å². The maximum Gasteiger partial charge on any atom is 0.250 e. The molecule has 4 rings (SSSR count). The number of thiophene rings is 2. The average molecular weight is 676 g/mol. The third-order valence-electron chi connectivity index (χ3n) is 6.26. The number of carbonyl (C=O) groups excluding carboxylic acids is 2. The largest absolute Gasteiger partial charge is 0.337 e. The monoisotopic (exact) mass is 674 g/mol. The molecule has 2 amide bonds. The van der Waals surface area contributed by atoms with E-state index in [2.05, 4.69) is 9.44 Å². The lowest BCUT2D eigenvalue weighted by Gasteiger charge is -2.34. The highest BCUT2D eigenvalue weighted by Gasteiger charge is 2.36. The van der Waals surface area contributed by atoms with Crippen LogP contribution in [0.4, 0.5) is 0 Å². The summed E-state index contributed by atoms with van der Waals surface area (Å²) < 4.78 is 55.9. The highest BCUT2D eigenvalue weighted by atomic mass is 35.5. The molecule has 2 saturated heterocycles. The molecule has 2 aromatic rings. The number of amides is 2. The van der Waals surface area contributed by atoms with Crippen LogP contribution < -0.4 is 9.44 Å². The quantitative estimate of drug-likeness (QED) is 0.396. The van der Waals surface area contributed by atoms with Gasteiger partial charge in [-0.3, -0.25) is 9.59 Å². The lowest BCUT2D eigenvalue weighted by molar-refractivity contribution is -0.143. The zero-order valence-electron chi connectivity index (χ0n) is 20.3. The fourth-order valence-corrected chi connectivity index (χ4v) is 9.45. The van der Waals surface area contributed by atoms with Gasteiger partial charge in [-0.05, 0) is 50.0 Å². The zero-order valence-corrected chi connectivity index (χ0v) is 25.8. The van der Waals surface area contributed by atoms with E-state index < -0.39 is 32.0 Å². The van der Waals surface area contributed by atoms with Crippen molar-refractivity contribution in [2.45, 2.75) is 42.0 Å². The molecule has 10 nitrogen and oxygen atoms in total. The number of sulfonamides is 2. The Kier molecular flexibility index (Phi) is 10.0. The molecule has 2 N–H and O–H groups in total. The number of halogens is 3. The minimum Gasteiger partial charge on any atom is -0.337 e. The van der Waals surface area contributed by atoms with Crippen molar-refractivity contribution in [1.29, 1.82) is 0 Å². The third-order valence-corrected chi connectivity index (χ3v) is 12.3. The Morgan fingerprint density at radius 1 is 1.08 bits per heavy atom. The Morgan fingerprint density at radius 2 is 1.82 bits per heavy atom. The molecule has 2 fully saturated rings. The topological polar surface area (TPSA) is 133 Å². The van der Waals surface area contributed by atoms with E-state index >= 15 is 0 Å². The summed E-state index contributed by atoms with van der Waals surface area (Å²) in [7, 11) is -7.78. The third kappa shape index (κ3) is 7.95. The molecule has 39 heavy (non-hydrogen) atoms. The van der Waals surface area contributed by atoms with E-state index in [-0.39, 0.29) is 38.6 Å². The Bertz CT molecular complexity index is 1450. The molecule has 0 saturated carbocycles. The lowest BCUT2D eigenvalue weighted by atomic mass is 10.1. The van der Waals surface area contributed by atoms with Crippen molar-refractivity contribution < 1.29 is 26.4 Å². The summed E-state index contributed by atoms with van der Waals surface area (Å²) in [6, 6.07) is 3.24. The summed E-state index contributed by atoms with van der Waals surface area (Å²) in [5, 5.41) is 1.13. The number of carbonyl (C=O) groups is 2. The number of nitrogens with one attached hydrogen (secondary N) is 2. The number of hydrogen-bond donors (Lipinski definition) is 2. The fraction of sp³-hybridized carbons (Fsp3) is 0.455. The van der Waals surface area contributed by atoms with Gasteiger partial charge in [-0.25, -0.2) is 21.6 Å². The second-order valence-electron chi connectivity index (χ2n) is 8.98. The van der Waals surface area contributed by atoms with E-state index in [4.69, 9.17) is 34.8 Å². The molecule has 2 aliphatic heterocycles. The first-order chi connectivity index (χ1) is 18.3. The van der Waals surface area contributed by atoms with Gasteiger partial charge in [0.15, 0.2) is 0 Å². The van der Waals surface area contributed by atoms with Crippen LogP contribution in [0.3, 0.4) is 0 Å². The average Bonchev–Trinajstić information content (AvgIpc) is 3.60. The van der Waals surface area contributed by atoms with Crippen LogP contribution in [-0.2, 0) is 29.6 Å². The van der Waals surface area contributed by atoms with Gasteiger partial charge in [0.25, 0.3) is 0 Å². The van der Waals surface area contributed by atoms with Gasteiger partial charge in [-0.15, -0.1) is 22.7 Å². The van der Waals surface area contributed by atoms with E-state index in [1.165, 1.54) is 28.4 Å². The first kappa shape index (κ1) is 30.7. The number of likely N-dealkylation sites (tertiary alicyclic amines) is 2. The van der Waals surface area contributed by atoms with E-state index in [9.17, 15) is 26.4 Å². The van der Waals surface area contributed by atoms with Gasteiger partial charge in [0.05, 0.1) is 15.9 Å². The van der Waals surface area contributed by atoms with Gasteiger partial charge >= 0.3 is 0 Å². The molecule has 17 heteroatoms. The van der Waals surface area contributed by atoms with Gasteiger partial charge in [0, 0.05) is 36.0 Å². The van der Waals surface area contributed by atoms with Gasteiger partial charge in [0.2, 0.25) is 31.9 Å². The molecule has 214 valence electrons. The summed E-state index contributed by atoms with van der Waals surface area (Å²) in [6.45, 7) is 0.522. The summed E-state index contributed by atoms with van der Waals surface area (Å²) in [4.78, 5) is 29.7. The predicted molar refractivity (Wildman–Crippen MR) is 154 cm³/mol. The van der Waals surface area contributed by atoms with Crippen molar-refractivity contribution >= 4 is 95.4 Å². The molecule has 0 spiro atoms. The van der Waals surface area contributed by atoms with Gasteiger partial charge < -0.3 is 9.80 Å². The Morgan fingerprint density at radius 3 is 2.49 bits per heavy atom. The van der Waals surface area contributed by atoms with Crippen LogP contribution in [0, 0.1) is 0 Å². The van der Waals surface area contributed by atoms with Gasteiger partial charge in [-0.2, -0.15) is 4.72 Å². The normalized spacial score (nSPS) is 20.8. The molecular weight excluding hydrogens is 651 g/mol. The van der Waals surface area contributed by atoms with Crippen molar-refractivity contribution in [1.82, 2.24) is 19.2 Å². The smallest absolute Gasteiger partial charge is 0.250 e. The van der Waals surface area contributed by atoms with Crippen molar-refractivity contribution in [2.24, 2.45) is 0 Å². The van der Waals surface area contributed by atoms with Crippen LogP contribution in [0.25, 0.3) is 6.08 Å². The van der Waals surface area contributed by atoms with Crippen LogP contribution in [0.1, 0.15) is 30.6 Å². The van der Waals surface area contributed by atoms with Crippen molar-refractivity contribution in [2.75, 3.05) is 26.2 Å². The van der Waals surface area contributed by atoms with Crippen LogP contribution in [0.2, 0.25) is 13.7 Å². The molecule has 2 unspecified atom stereocenters. The minimum atomic E-state index is -3.92. The lowest BCUT2D eigenvalue weighted by Crippen LogP contribution is -2.55. The number of hydrogen-bond acceptors (Lipinski definition) is 8. The van der Waals surface area contributed by atoms with Crippen LogP contribution in [0.15, 0.2) is 27.8 Å². The molecule has 0 aliphatic carbocycles. The Hall–Kier alpha value is -1.23. The second-order valence-corrected chi connectivity index (χ2v) is 16.4. The highest BCUT2D eigenvalue weighted by molar-refractivity contribution is 7.92. The highest BCUT2D eigenvalue weighted by Crippen LogP contribution is 2.34. The standard InChI is InChI=1S/C22H25Cl3N4O6S4/c23-16-11-20(37-21(16)25)39(34,35)26-12-14-3-1-9-29(14)19(30)13-28-8-2-4-17(22(28)31)27-38(32,33)10-7-15-5-6-18(24)36-15/h5-7,10-11,14,17,26-27H,1-4,8-9,12-13H2/b10-7+. The number of rotatable bonds is 10. The zero-order chi connectivity index (χ0) is 28.4. The minimum absolute atomic E-state index is 0.000626. The van der Waals surface area contributed by atoms with Crippen molar-refractivity contribution in [3.63, 3.8) is 0 Å². The molecule has 2 aliphatic rings. The predicted octanol–water partition coefficient (Wildman–Crippen LogP) is 3.62. The van der Waals surface area contributed by atoms with E-state index in [0.717, 1.165) is 16.7 Å². The van der Waals surface area contributed by atoms with Crippen molar-refractivity contribution in [3.05, 3.63) is 42.2 Å². The summed E-state index contributed by atoms with van der Waals surface area (Å²) in [5.74, 6) is -0.807. The first-order valence-corrected chi connectivity index (χ1v) is 17.6. The van der Waals surface area contributed by atoms with E-state index in [0.29, 0.717) is 48.0 Å². The van der Waals surface area contributed by atoms with E-state index in [1.54, 1.807) is 17.0 Å². The number of piperidine rings is 1. The molecule has 0 bridgehead atoms. The number of nitrogens with zero attached hydrogens (tertiary/aromatic N) is 2. The molecule has 2 aromatic heterocycles. The fourth-order valence-electron chi connectivity index (χ4n) is 4.39. The molecule has 0 aromatic carbocycles. The SMILES string of the molecule is O=C1C(NS(=O)(=O)/C=C/c2ccc(Cl)s2)CCCN1CC(=O)N1CCCC1CNS(=O)(=O)c1cc(Cl)c(Cl)s1. The summed E-state index contributed by atoms with van der Waals surface area (Å²) >= 11 is 19.7. The summed E-state index contributed by atoms with van der Waals surface area (Å²) in [6.07, 6.45) is 3.51. The Labute approximate surface area is 250 Å². The summed E-state index contributed by atoms with van der Waals surface area (Å²) in [5.41, 5.74) is 0. The van der Waals surface area contributed by atoms with Crippen LogP contribution in [0.5, 0.6) is 0 Å². The van der Waals surface area contributed by atoms with Gasteiger partial charge in [-0.1, -0.05) is 34.8 Å². The van der Waals surface area contributed by atoms with Gasteiger partial charge in [0.1, 0.15) is 14.6 Å². The molecule has 0 radical (unpaired) electrons. The van der Waals surface area contributed by atoms with Crippen molar-refractivity contribution in [3.8, 4) is 0 Å². The first-order valence-electron chi connectivity index (χ1n) is 11.8. The molecule has 2 atom stereocenters. The molecular formula is C22H25Cl3N4O6S4. The second kappa shape index (κ2) is 12.7. The molecule has 4 heterocycles. The Balaban J connectivity index is 1.33. The maximum atomic E-state index is 13.1. The van der Waals surface area contributed by atoms with E-state index in [1.807, 2.05) is 0 Å². The van der Waals surface area contributed by atoms with Crippen LogP contribution in [-0.4, -0.2) is 76.7 Å².